The monoisotopic (exact) mass is 283 g/mol. The second-order valence-electron chi connectivity index (χ2n) is 5.58. The van der Waals surface area contributed by atoms with Crippen molar-refractivity contribution in [2.24, 2.45) is 0 Å². The van der Waals surface area contributed by atoms with Crippen LogP contribution < -0.4 is 0 Å². The molecule has 0 fully saturated rings. The van der Waals surface area contributed by atoms with Gasteiger partial charge in [-0.25, -0.2) is 0 Å². The van der Waals surface area contributed by atoms with Crippen molar-refractivity contribution in [1.29, 1.82) is 5.26 Å². The van der Waals surface area contributed by atoms with Crippen molar-refractivity contribution in [2.45, 2.75) is 13.8 Å². The van der Waals surface area contributed by atoms with Crippen molar-refractivity contribution in [3.8, 4) is 28.3 Å². The van der Waals surface area contributed by atoms with E-state index in [9.17, 15) is 0 Å². The molecule has 0 N–H and O–H groups in total. The summed E-state index contributed by atoms with van der Waals surface area (Å²) in [4.78, 5) is 0. The molecular weight excluding hydrogens is 266 g/mol. The Labute approximate surface area is 131 Å². The van der Waals surface area contributed by atoms with Crippen LogP contribution in [0.2, 0.25) is 0 Å². The minimum Gasteiger partial charge on any atom is -0.192 e. The van der Waals surface area contributed by atoms with Gasteiger partial charge in [0.1, 0.15) is 0 Å². The fraction of sp³-hybridized carbons (Fsp3) is 0.0952. The van der Waals surface area contributed by atoms with E-state index in [1.807, 2.05) is 24.3 Å². The van der Waals surface area contributed by atoms with Crippen molar-refractivity contribution in [3.63, 3.8) is 0 Å². The van der Waals surface area contributed by atoms with Crippen molar-refractivity contribution in [3.05, 3.63) is 83.4 Å². The summed E-state index contributed by atoms with van der Waals surface area (Å²) in [5.41, 5.74) is 8.03. The van der Waals surface area contributed by atoms with E-state index in [0.29, 0.717) is 5.56 Å². The first-order valence-electron chi connectivity index (χ1n) is 7.35. The smallest absolute Gasteiger partial charge is 0.0991 e. The van der Waals surface area contributed by atoms with Gasteiger partial charge >= 0.3 is 0 Å². The Bertz CT molecular complexity index is 835. The van der Waals surface area contributed by atoms with Crippen molar-refractivity contribution < 1.29 is 0 Å². The zero-order valence-electron chi connectivity index (χ0n) is 12.8. The Kier molecular flexibility index (Phi) is 3.76. The van der Waals surface area contributed by atoms with Gasteiger partial charge in [0.2, 0.25) is 0 Å². The van der Waals surface area contributed by atoms with Gasteiger partial charge in [-0.2, -0.15) is 5.26 Å². The van der Waals surface area contributed by atoms with Gasteiger partial charge in [-0.15, -0.1) is 0 Å². The van der Waals surface area contributed by atoms with Gasteiger partial charge in [0.15, 0.2) is 0 Å². The number of hydrogen-bond donors (Lipinski definition) is 0. The number of rotatable bonds is 2. The molecule has 1 nitrogen and oxygen atoms in total. The normalized spacial score (nSPS) is 10.2. The summed E-state index contributed by atoms with van der Waals surface area (Å²) in [5.74, 6) is 0. The summed E-state index contributed by atoms with van der Waals surface area (Å²) in [6.45, 7) is 4.23. The summed E-state index contributed by atoms with van der Waals surface area (Å²) in [6, 6.07) is 25.0. The standard InChI is InChI=1S/C21H17N/c1-15-3-7-18(8-4-15)20-11-12-21(16(2)13-20)19-9-5-17(14-22)6-10-19/h3-13H,1-2H3. The first-order valence-corrected chi connectivity index (χ1v) is 7.35. The molecule has 106 valence electrons. The third kappa shape index (κ3) is 2.77. The molecule has 1 heteroatoms. The first kappa shape index (κ1) is 14.1. The molecule has 0 spiro atoms. The minimum absolute atomic E-state index is 0.692. The van der Waals surface area contributed by atoms with Crippen LogP contribution in [0, 0.1) is 25.2 Å². The highest BCUT2D eigenvalue weighted by molar-refractivity contribution is 5.73. The number of nitrogens with zero attached hydrogens (tertiary/aromatic N) is 1. The molecule has 0 saturated heterocycles. The number of benzene rings is 3. The van der Waals surface area contributed by atoms with E-state index in [4.69, 9.17) is 5.26 Å². The second kappa shape index (κ2) is 5.87. The molecule has 0 aliphatic carbocycles. The Morgan fingerprint density at radius 1 is 0.682 bits per heavy atom. The van der Waals surface area contributed by atoms with Crippen LogP contribution in [0.25, 0.3) is 22.3 Å². The maximum atomic E-state index is 8.89. The summed E-state index contributed by atoms with van der Waals surface area (Å²) in [7, 11) is 0. The van der Waals surface area contributed by atoms with Crippen LogP contribution in [-0.2, 0) is 0 Å². The van der Waals surface area contributed by atoms with Gasteiger partial charge in [0, 0.05) is 0 Å². The lowest BCUT2D eigenvalue weighted by molar-refractivity contribution is 1.43. The zero-order chi connectivity index (χ0) is 15.5. The third-order valence-electron chi connectivity index (χ3n) is 3.94. The maximum absolute atomic E-state index is 8.89. The molecule has 0 amide bonds. The number of aryl methyl sites for hydroxylation is 2. The molecular formula is C21H17N. The third-order valence-corrected chi connectivity index (χ3v) is 3.94. The highest BCUT2D eigenvalue weighted by Gasteiger charge is 2.05. The van der Waals surface area contributed by atoms with Gasteiger partial charge in [-0.3, -0.25) is 0 Å². The summed E-state index contributed by atoms with van der Waals surface area (Å²) in [6.07, 6.45) is 0. The largest absolute Gasteiger partial charge is 0.192 e. The van der Waals surface area contributed by atoms with Gasteiger partial charge in [-0.1, -0.05) is 60.2 Å². The van der Waals surface area contributed by atoms with E-state index in [0.717, 1.165) is 5.56 Å². The summed E-state index contributed by atoms with van der Waals surface area (Å²) < 4.78 is 0. The van der Waals surface area contributed by atoms with E-state index >= 15 is 0 Å². The average molecular weight is 283 g/mol. The van der Waals surface area contributed by atoms with E-state index in [2.05, 4.69) is 62.4 Å². The van der Waals surface area contributed by atoms with Crippen LogP contribution in [0.1, 0.15) is 16.7 Å². The molecule has 3 rings (SSSR count). The van der Waals surface area contributed by atoms with E-state index in [1.54, 1.807) is 0 Å². The lowest BCUT2D eigenvalue weighted by Gasteiger charge is -2.10. The molecule has 0 heterocycles. The average Bonchev–Trinajstić information content (AvgIpc) is 2.56. The number of hydrogen-bond acceptors (Lipinski definition) is 1. The van der Waals surface area contributed by atoms with Gasteiger partial charge in [0.25, 0.3) is 0 Å². The fourth-order valence-corrected chi connectivity index (χ4v) is 2.64. The summed E-state index contributed by atoms with van der Waals surface area (Å²) >= 11 is 0. The highest BCUT2D eigenvalue weighted by atomic mass is 14.2. The van der Waals surface area contributed by atoms with Crippen LogP contribution in [-0.4, -0.2) is 0 Å². The Morgan fingerprint density at radius 3 is 1.86 bits per heavy atom. The molecule has 0 aromatic heterocycles. The van der Waals surface area contributed by atoms with Gasteiger partial charge in [0.05, 0.1) is 11.6 Å². The predicted octanol–water partition coefficient (Wildman–Crippen LogP) is 5.51. The molecule has 0 atom stereocenters. The molecule has 0 bridgehead atoms. The van der Waals surface area contributed by atoms with E-state index in [1.165, 1.54) is 27.8 Å². The lowest BCUT2D eigenvalue weighted by Crippen LogP contribution is -1.86. The Hall–Kier alpha value is -2.85. The van der Waals surface area contributed by atoms with Gasteiger partial charge < -0.3 is 0 Å². The van der Waals surface area contributed by atoms with Crippen molar-refractivity contribution in [1.82, 2.24) is 0 Å². The quantitative estimate of drug-likeness (QED) is 0.608. The molecule has 0 unspecified atom stereocenters. The molecule has 0 aliphatic rings. The lowest BCUT2D eigenvalue weighted by atomic mass is 9.95. The molecule has 0 radical (unpaired) electrons. The van der Waals surface area contributed by atoms with Crippen molar-refractivity contribution in [2.75, 3.05) is 0 Å². The fourth-order valence-electron chi connectivity index (χ4n) is 2.64. The first-order chi connectivity index (χ1) is 10.7. The van der Waals surface area contributed by atoms with Gasteiger partial charge in [-0.05, 0) is 53.8 Å². The molecule has 3 aromatic carbocycles. The maximum Gasteiger partial charge on any atom is 0.0991 e. The SMILES string of the molecule is Cc1ccc(-c2ccc(-c3ccc(C#N)cc3)c(C)c2)cc1. The van der Waals surface area contributed by atoms with Crippen LogP contribution in [0.5, 0.6) is 0 Å². The second-order valence-corrected chi connectivity index (χ2v) is 5.58. The van der Waals surface area contributed by atoms with Crippen molar-refractivity contribution >= 4 is 0 Å². The summed E-state index contributed by atoms with van der Waals surface area (Å²) in [5, 5.41) is 8.89. The van der Waals surface area contributed by atoms with Crippen LogP contribution in [0.4, 0.5) is 0 Å². The Morgan fingerprint density at radius 2 is 1.27 bits per heavy atom. The minimum atomic E-state index is 0.692. The van der Waals surface area contributed by atoms with E-state index < -0.39 is 0 Å². The predicted molar refractivity (Wildman–Crippen MR) is 91.5 cm³/mol. The number of nitriles is 1. The van der Waals surface area contributed by atoms with Crippen LogP contribution in [0.3, 0.4) is 0 Å². The van der Waals surface area contributed by atoms with Crippen LogP contribution in [0.15, 0.2) is 66.7 Å². The molecule has 22 heavy (non-hydrogen) atoms. The van der Waals surface area contributed by atoms with Crippen LogP contribution >= 0.6 is 0 Å². The Balaban J connectivity index is 1.98. The molecule has 0 aliphatic heterocycles. The molecule has 3 aromatic rings. The zero-order valence-corrected chi connectivity index (χ0v) is 12.8. The molecule has 0 saturated carbocycles. The topological polar surface area (TPSA) is 23.8 Å². The highest BCUT2D eigenvalue weighted by Crippen LogP contribution is 2.28. The van der Waals surface area contributed by atoms with E-state index in [-0.39, 0.29) is 0 Å².